The summed E-state index contributed by atoms with van der Waals surface area (Å²) in [6.45, 7) is 9.91. The van der Waals surface area contributed by atoms with Crippen LogP contribution in [0.25, 0.3) is 0 Å². The van der Waals surface area contributed by atoms with Crippen LogP contribution < -0.4 is 10.1 Å². The molecule has 0 unspecified atom stereocenters. The number of hydrogen-bond donors (Lipinski definition) is 2. The average molecular weight is 363 g/mol. The van der Waals surface area contributed by atoms with Gasteiger partial charge in [0, 0.05) is 45.0 Å². The third kappa shape index (κ3) is 7.03. The van der Waals surface area contributed by atoms with Crippen LogP contribution in [0.1, 0.15) is 6.92 Å². The number of ether oxygens (including phenoxy) is 2. The van der Waals surface area contributed by atoms with Crippen LogP contribution >= 0.6 is 0 Å². The predicted octanol–water partition coefficient (Wildman–Crippen LogP) is 1.80. The minimum Gasteiger partial charge on any atom is -0.489 e. The molecule has 1 aliphatic rings. The first-order valence-electron chi connectivity index (χ1n) is 8.81. The van der Waals surface area contributed by atoms with E-state index in [2.05, 4.69) is 16.8 Å². The van der Waals surface area contributed by atoms with Gasteiger partial charge in [0.25, 0.3) is 0 Å². The van der Waals surface area contributed by atoms with Crippen molar-refractivity contribution >= 4 is 11.7 Å². The lowest BCUT2D eigenvalue weighted by atomic mass is 10.3. The first kappa shape index (κ1) is 20.2. The summed E-state index contributed by atoms with van der Waals surface area (Å²) in [5, 5.41) is 13.0. The summed E-state index contributed by atoms with van der Waals surface area (Å²) in [7, 11) is 1.67. The largest absolute Gasteiger partial charge is 0.489 e. The van der Waals surface area contributed by atoms with Gasteiger partial charge in [-0.2, -0.15) is 0 Å². The molecule has 2 rings (SSSR count). The van der Waals surface area contributed by atoms with Crippen LogP contribution in [0.5, 0.6) is 5.75 Å². The molecule has 0 radical (unpaired) electrons. The lowest BCUT2D eigenvalue weighted by molar-refractivity contribution is 0.0109. The highest BCUT2D eigenvalue weighted by Crippen LogP contribution is 2.18. The molecule has 2 amide bonds. The molecule has 144 valence electrons. The zero-order valence-corrected chi connectivity index (χ0v) is 15.6. The van der Waals surface area contributed by atoms with E-state index in [1.165, 1.54) is 4.90 Å². The fraction of sp³-hybridized carbons (Fsp3) is 0.526. The standard InChI is InChI=1S/C19H29N3O4/c1-15(2)14-26-18-6-4-5-16(11-18)20-19(24)21(3)12-17(23)13-22-7-9-25-10-8-22/h4-6,11,17,23H,1,7-10,12-14H2,2-3H3,(H,20,24)/t17-/m1/s1. The minimum atomic E-state index is -0.603. The van der Waals surface area contributed by atoms with Crippen molar-refractivity contribution < 1.29 is 19.4 Å². The van der Waals surface area contributed by atoms with Crippen molar-refractivity contribution in [3.63, 3.8) is 0 Å². The van der Waals surface area contributed by atoms with Gasteiger partial charge in [-0.3, -0.25) is 4.90 Å². The Morgan fingerprint density at radius 1 is 1.46 bits per heavy atom. The lowest BCUT2D eigenvalue weighted by Gasteiger charge is -2.30. The third-order valence-corrected chi connectivity index (χ3v) is 3.97. The topological polar surface area (TPSA) is 74.3 Å². The van der Waals surface area contributed by atoms with E-state index in [1.807, 2.05) is 19.1 Å². The molecule has 1 aliphatic heterocycles. The molecule has 7 heteroatoms. The van der Waals surface area contributed by atoms with Gasteiger partial charge in [-0.05, 0) is 24.6 Å². The molecule has 0 saturated carbocycles. The summed E-state index contributed by atoms with van der Waals surface area (Å²) in [6.07, 6.45) is -0.603. The monoisotopic (exact) mass is 363 g/mol. The number of anilines is 1. The number of urea groups is 1. The Kier molecular flexibility index (Phi) is 7.90. The zero-order chi connectivity index (χ0) is 18.9. The normalized spacial score (nSPS) is 16.0. The molecule has 1 saturated heterocycles. The van der Waals surface area contributed by atoms with Gasteiger partial charge in [-0.1, -0.05) is 12.6 Å². The van der Waals surface area contributed by atoms with Gasteiger partial charge in [0.15, 0.2) is 0 Å². The smallest absolute Gasteiger partial charge is 0.321 e. The third-order valence-electron chi connectivity index (χ3n) is 3.97. The van der Waals surface area contributed by atoms with Crippen molar-refractivity contribution in [2.45, 2.75) is 13.0 Å². The van der Waals surface area contributed by atoms with Crippen LogP contribution in [0.4, 0.5) is 10.5 Å². The van der Waals surface area contributed by atoms with Crippen LogP contribution in [0.3, 0.4) is 0 Å². The van der Waals surface area contributed by atoms with Gasteiger partial charge < -0.3 is 24.8 Å². The summed E-state index contributed by atoms with van der Waals surface area (Å²) in [6, 6.07) is 6.93. The van der Waals surface area contributed by atoms with E-state index in [-0.39, 0.29) is 12.6 Å². The maximum absolute atomic E-state index is 12.3. The number of likely N-dealkylation sites (N-methyl/N-ethyl adjacent to an activating group) is 1. The number of β-amino-alcohol motifs (C(OH)–C–C–N with tert-alkyl or cyclic N) is 1. The number of morpholine rings is 1. The number of nitrogens with zero attached hydrogens (tertiary/aromatic N) is 2. The average Bonchev–Trinajstić information content (AvgIpc) is 2.61. The van der Waals surface area contributed by atoms with E-state index in [1.54, 1.807) is 19.2 Å². The molecule has 7 nitrogen and oxygen atoms in total. The van der Waals surface area contributed by atoms with E-state index in [0.29, 0.717) is 37.8 Å². The molecule has 0 aliphatic carbocycles. The summed E-state index contributed by atoms with van der Waals surface area (Å²) in [5.74, 6) is 0.667. The number of benzene rings is 1. The second-order valence-electron chi connectivity index (χ2n) is 6.65. The summed E-state index contributed by atoms with van der Waals surface area (Å²) in [4.78, 5) is 16.0. The Hall–Kier alpha value is -2.09. The molecule has 1 fully saturated rings. The fourth-order valence-electron chi connectivity index (χ4n) is 2.63. The summed E-state index contributed by atoms with van der Waals surface area (Å²) >= 11 is 0. The zero-order valence-electron chi connectivity index (χ0n) is 15.6. The van der Waals surface area contributed by atoms with Crippen LogP contribution in [0.2, 0.25) is 0 Å². The molecule has 1 aromatic carbocycles. The van der Waals surface area contributed by atoms with Gasteiger partial charge in [0.05, 0.1) is 19.3 Å². The van der Waals surface area contributed by atoms with Crippen molar-refractivity contribution in [1.29, 1.82) is 0 Å². The molecule has 1 heterocycles. The van der Waals surface area contributed by atoms with Crippen molar-refractivity contribution in [2.24, 2.45) is 0 Å². The van der Waals surface area contributed by atoms with Gasteiger partial charge in [0.2, 0.25) is 0 Å². The fourth-order valence-corrected chi connectivity index (χ4v) is 2.63. The number of aliphatic hydroxyl groups excluding tert-OH is 1. The van der Waals surface area contributed by atoms with E-state index in [9.17, 15) is 9.90 Å². The van der Waals surface area contributed by atoms with Gasteiger partial charge in [-0.15, -0.1) is 0 Å². The maximum atomic E-state index is 12.3. The van der Waals surface area contributed by atoms with Gasteiger partial charge in [0.1, 0.15) is 12.4 Å². The second kappa shape index (κ2) is 10.2. The second-order valence-corrected chi connectivity index (χ2v) is 6.65. The Morgan fingerprint density at radius 3 is 2.88 bits per heavy atom. The molecule has 0 bridgehead atoms. The minimum absolute atomic E-state index is 0.259. The van der Waals surface area contributed by atoms with Crippen LogP contribution in [-0.4, -0.2) is 80.1 Å². The van der Waals surface area contributed by atoms with E-state index in [4.69, 9.17) is 9.47 Å². The SMILES string of the molecule is C=C(C)COc1cccc(NC(=O)N(C)C[C@@H](O)CN2CCOCC2)c1. The van der Waals surface area contributed by atoms with Crippen LogP contribution in [-0.2, 0) is 4.74 Å². The van der Waals surface area contributed by atoms with Crippen LogP contribution in [0, 0.1) is 0 Å². The first-order chi connectivity index (χ1) is 12.4. The number of aliphatic hydroxyl groups is 1. The summed E-state index contributed by atoms with van der Waals surface area (Å²) < 4.78 is 10.9. The maximum Gasteiger partial charge on any atom is 0.321 e. The van der Waals surface area contributed by atoms with E-state index in [0.717, 1.165) is 18.7 Å². The highest BCUT2D eigenvalue weighted by molar-refractivity contribution is 5.89. The molecule has 0 spiro atoms. The number of nitrogens with one attached hydrogen (secondary N) is 1. The molecule has 1 aromatic rings. The van der Waals surface area contributed by atoms with Crippen molar-refractivity contribution in [3.05, 3.63) is 36.4 Å². The Balaban J connectivity index is 1.80. The highest BCUT2D eigenvalue weighted by atomic mass is 16.5. The van der Waals surface area contributed by atoms with Crippen molar-refractivity contribution in [3.8, 4) is 5.75 Å². The number of rotatable bonds is 8. The quantitative estimate of drug-likeness (QED) is 0.689. The summed E-state index contributed by atoms with van der Waals surface area (Å²) in [5.41, 5.74) is 1.57. The van der Waals surface area contributed by atoms with E-state index >= 15 is 0 Å². The lowest BCUT2D eigenvalue weighted by Crippen LogP contribution is -2.45. The molecular formula is C19H29N3O4. The number of hydrogen-bond acceptors (Lipinski definition) is 5. The van der Waals surface area contributed by atoms with Crippen molar-refractivity contribution in [1.82, 2.24) is 9.80 Å². The van der Waals surface area contributed by atoms with Crippen LogP contribution in [0.15, 0.2) is 36.4 Å². The molecular weight excluding hydrogens is 334 g/mol. The molecule has 2 N–H and O–H groups in total. The highest BCUT2D eigenvalue weighted by Gasteiger charge is 2.18. The molecule has 26 heavy (non-hydrogen) atoms. The molecule has 0 aromatic heterocycles. The number of amides is 2. The molecule has 1 atom stereocenters. The number of carbonyl (C=O) groups excluding carboxylic acids is 1. The first-order valence-corrected chi connectivity index (χ1v) is 8.81. The Morgan fingerprint density at radius 2 is 2.19 bits per heavy atom. The van der Waals surface area contributed by atoms with Gasteiger partial charge in [-0.25, -0.2) is 4.79 Å². The Labute approximate surface area is 155 Å². The predicted molar refractivity (Wildman–Crippen MR) is 102 cm³/mol. The number of carbonyl (C=O) groups is 1. The van der Waals surface area contributed by atoms with Crippen molar-refractivity contribution in [2.75, 3.05) is 58.4 Å². The van der Waals surface area contributed by atoms with Gasteiger partial charge >= 0.3 is 6.03 Å². The van der Waals surface area contributed by atoms with E-state index < -0.39 is 6.10 Å². The Bertz CT molecular complexity index is 602.